The number of nitrogens with zero attached hydrogens (tertiary/aromatic N) is 2. The monoisotopic (exact) mass is 448 g/mol. The largest absolute Gasteiger partial charge is 0.375 e. The van der Waals surface area contributed by atoms with Crippen molar-refractivity contribution in [3.8, 4) is 0 Å². The average molecular weight is 449 g/mol. The quantitative estimate of drug-likeness (QED) is 0.388. The molecule has 0 saturated heterocycles. The lowest BCUT2D eigenvalue weighted by Gasteiger charge is -2.26. The fourth-order valence-corrected chi connectivity index (χ4v) is 3.53. The van der Waals surface area contributed by atoms with Crippen molar-refractivity contribution in [3.05, 3.63) is 62.5 Å². The van der Waals surface area contributed by atoms with E-state index >= 15 is 0 Å². The maximum atomic E-state index is 12.2. The summed E-state index contributed by atoms with van der Waals surface area (Å²) >= 11 is 0. The van der Waals surface area contributed by atoms with E-state index in [9.17, 15) is 14.4 Å². The van der Waals surface area contributed by atoms with Gasteiger partial charge in [0.1, 0.15) is 17.2 Å². The van der Waals surface area contributed by atoms with Crippen LogP contribution in [-0.4, -0.2) is 27.5 Å². The van der Waals surface area contributed by atoms with Crippen LogP contribution in [0.2, 0.25) is 0 Å². The van der Waals surface area contributed by atoms with Gasteiger partial charge in [0.05, 0.1) is 6.42 Å². The third kappa shape index (κ3) is 5.54. The van der Waals surface area contributed by atoms with E-state index < -0.39 is 10.9 Å². The Bertz CT molecular complexity index is 1240. The van der Waals surface area contributed by atoms with Gasteiger partial charge in [0.15, 0.2) is 0 Å². The first-order valence-electron chi connectivity index (χ1n) is 11.0. The first-order valence-corrected chi connectivity index (χ1v) is 11.0. The molecule has 0 spiro atoms. The summed E-state index contributed by atoms with van der Waals surface area (Å²) in [6, 6.07) is 9.44. The summed E-state index contributed by atoms with van der Waals surface area (Å²) in [5.41, 5.74) is 0.586. The van der Waals surface area contributed by atoms with Crippen LogP contribution in [0.5, 0.6) is 0 Å². The molecule has 1 saturated carbocycles. The molecule has 4 N–H and O–H groups in total. The Balaban J connectivity index is 1.43. The zero-order valence-corrected chi connectivity index (χ0v) is 19.0. The molecule has 1 aliphatic carbocycles. The molecule has 2 aromatic carbocycles. The van der Waals surface area contributed by atoms with Gasteiger partial charge in [-0.2, -0.15) is 4.98 Å². The second-order valence-electron chi connectivity index (χ2n) is 9.37. The summed E-state index contributed by atoms with van der Waals surface area (Å²) in [5, 5.41) is 12.1. The number of amides is 1. The Kier molecular flexibility index (Phi) is 6.13. The van der Waals surface area contributed by atoms with Gasteiger partial charge >= 0.3 is 0 Å². The molecule has 172 valence electrons. The lowest BCUT2D eigenvalue weighted by molar-refractivity contribution is -0.121. The second-order valence-corrected chi connectivity index (χ2v) is 9.37. The van der Waals surface area contributed by atoms with E-state index in [4.69, 9.17) is 0 Å². The van der Waals surface area contributed by atoms with Crippen molar-refractivity contribution in [2.75, 3.05) is 16.0 Å². The molecule has 1 aliphatic rings. The molecule has 1 aromatic heterocycles. The molecule has 4 rings (SSSR count). The standard InChI is InChI=1S/C24H28N6O3/c1-24(2,3)30-20-19(21(32)22(20)33)28-17-10-11-25-23(29-17)27-16-9-4-6-14(12-16)13-18(31)26-15-7-5-8-15/h4,6,9-12,15,30H,5,7-8,13H2,1-3H3,(H,26,31)(H2,25,27,28,29). The Labute approximate surface area is 191 Å². The zero-order chi connectivity index (χ0) is 23.6. The van der Waals surface area contributed by atoms with Crippen LogP contribution in [0.1, 0.15) is 45.6 Å². The van der Waals surface area contributed by atoms with Crippen LogP contribution in [0.25, 0.3) is 0 Å². The highest BCUT2D eigenvalue weighted by atomic mass is 16.2. The van der Waals surface area contributed by atoms with Crippen molar-refractivity contribution in [2.45, 2.75) is 58.0 Å². The summed E-state index contributed by atoms with van der Waals surface area (Å²) in [4.78, 5) is 44.8. The molecule has 9 nitrogen and oxygen atoms in total. The Hall–Kier alpha value is -3.75. The summed E-state index contributed by atoms with van der Waals surface area (Å²) in [5.74, 6) is 0.722. The number of nitrogens with one attached hydrogen (secondary N) is 4. The van der Waals surface area contributed by atoms with E-state index in [1.54, 1.807) is 12.3 Å². The van der Waals surface area contributed by atoms with Crippen molar-refractivity contribution in [1.29, 1.82) is 0 Å². The van der Waals surface area contributed by atoms with E-state index in [0.29, 0.717) is 24.2 Å². The highest BCUT2D eigenvalue weighted by molar-refractivity contribution is 5.80. The van der Waals surface area contributed by atoms with Gasteiger partial charge in [-0.1, -0.05) is 12.1 Å². The zero-order valence-electron chi connectivity index (χ0n) is 19.0. The number of carbonyl (C=O) groups is 1. The molecule has 0 unspecified atom stereocenters. The number of hydrogen-bond donors (Lipinski definition) is 4. The molecular formula is C24H28N6O3. The van der Waals surface area contributed by atoms with E-state index in [1.165, 1.54) is 6.42 Å². The number of anilines is 5. The summed E-state index contributed by atoms with van der Waals surface area (Å²) in [6.07, 6.45) is 5.14. The number of rotatable bonds is 8. The van der Waals surface area contributed by atoms with E-state index in [-0.39, 0.29) is 22.8 Å². The molecular weight excluding hydrogens is 420 g/mol. The van der Waals surface area contributed by atoms with Gasteiger partial charge in [-0.25, -0.2) is 4.98 Å². The molecule has 9 heteroatoms. The van der Waals surface area contributed by atoms with Gasteiger partial charge in [-0.05, 0) is 63.8 Å². The molecule has 1 amide bonds. The Morgan fingerprint density at radius 3 is 2.52 bits per heavy atom. The molecule has 33 heavy (non-hydrogen) atoms. The molecule has 3 aromatic rings. The van der Waals surface area contributed by atoms with Crippen LogP contribution in [0, 0.1) is 0 Å². The van der Waals surface area contributed by atoms with Gasteiger partial charge in [0.25, 0.3) is 10.9 Å². The smallest absolute Gasteiger partial charge is 0.253 e. The van der Waals surface area contributed by atoms with Gasteiger partial charge in [-0.15, -0.1) is 0 Å². The molecule has 0 aliphatic heterocycles. The predicted octanol–water partition coefficient (Wildman–Crippen LogP) is 2.98. The number of aromatic nitrogens is 2. The Morgan fingerprint density at radius 1 is 1.06 bits per heavy atom. The van der Waals surface area contributed by atoms with Gasteiger partial charge in [-0.3, -0.25) is 14.4 Å². The predicted molar refractivity (Wildman–Crippen MR) is 129 cm³/mol. The lowest BCUT2D eigenvalue weighted by Crippen LogP contribution is -2.41. The van der Waals surface area contributed by atoms with Crippen molar-refractivity contribution >= 4 is 34.7 Å². The van der Waals surface area contributed by atoms with Gasteiger partial charge in [0.2, 0.25) is 11.9 Å². The maximum Gasteiger partial charge on any atom is 0.253 e. The van der Waals surface area contributed by atoms with E-state index in [0.717, 1.165) is 24.1 Å². The SMILES string of the molecule is CC(C)(C)Nc1c(Nc2ccnc(Nc3cccc(CC(=O)NC4CCC4)c3)n2)c(=O)c1=O. The molecule has 0 atom stereocenters. The normalized spacial score (nSPS) is 13.9. The first-order chi connectivity index (χ1) is 15.7. The van der Waals surface area contributed by atoms with Crippen molar-refractivity contribution in [2.24, 2.45) is 0 Å². The Morgan fingerprint density at radius 2 is 1.82 bits per heavy atom. The van der Waals surface area contributed by atoms with E-state index in [2.05, 4.69) is 31.2 Å². The molecule has 1 fully saturated rings. The van der Waals surface area contributed by atoms with Crippen molar-refractivity contribution in [3.63, 3.8) is 0 Å². The van der Waals surface area contributed by atoms with Gasteiger partial charge < -0.3 is 21.3 Å². The van der Waals surface area contributed by atoms with Crippen LogP contribution < -0.4 is 32.1 Å². The van der Waals surface area contributed by atoms with Crippen LogP contribution in [0.3, 0.4) is 0 Å². The molecule has 1 heterocycles. The summed E-state index contributed by atoms with van der Waals surface area (Å²) < 4.78 is 0. The van der Waals surface area contributed by atoms with Crippen LogP contribution >= 0.6 is 0 Å². The topological polar surface area (TPSA) is 125 Å². The van der Waals surface area contributed by atoms with Crippen LogP contribution in [0.15, 0.2) is 46.1 Å². The maximum absolute atomic E-state index is 12.2. The van der Waals surface area contributed by atoms with Crippen molar-refractivity contribution in [1.82, 2.24) is 15.3 Å². The highest BCUT2D eigenvalue weighted by Gasteiger charge is 2.25. The number of carbonyl (C=O) groups excluding carboxylic acids is 1. The highest BCUT2D eigenvalue weighted by Crippen LogP contribution is 2.24. The average Bonchev–Trinajstić information content (AvgIpc) is 2.73. The van der Waals surface area contributed by atoms with E-state index in [1.807, 2.05) is 45.0 Å². The van der Waals surface area contributed by atoms with Gasteiger partial charge in [0, 0.05) is 23.5 Å². The fraction of sp³-hybridized carbons (Fsp3) is 0.375. The first kappa shape index (κ1) is 22.4. The lowest BCUT2D eigenvalue weighted by atomic mass is 9.93. The fourth-order valence-electron chi connectivity index (χ4n) is 3.53. The second kappa shape index (κ2) is 9.01. The minimum Gasteiger partial charge on any atom is -0.375 e. The third-order valence-electron chi connectivity index (χ3n) is 5.34. The molecule has 0 bridgehead atoms. The third-order valence-corrected chi connectivity index (χ3v) is 5.34. The number of benzene rings is 1. The minimum absolute atomic E-state index is 0.0203. The van der Waals surface area contributed by atoms with Crippen molar-refractivity contribution < 1.29 is 4.79 Å². The summed E-state index contributed by atoms with van der Waals surface area (Å²) in [7, 11) is 0. The number of hydrogen-bond acceptors (Lipinski definition) is 8. The summed E-state index contributed by atoms with van der Waals surface area (Å²) in [6.45, 7) is 5.72. The molecule has 0 radical (unpaired) electrons. The van der Waals surface area contributed by atoms with Crippen LogP contribution in [-0.2, 0) is 11.2 Å². The minimum atomic E-state index is -0.581. The van der Waals surface area contributed by atoms with Crippen LogP contribution in [0.4, 0.5) is 28.8 Å².